The first kappa shape index (κ1) is 13.2. The van der Waals surface area contributed by atoms with E-state index < -0.39 is 0 Å². The average molecular weight is 271 g/mol. The van der Waals surface area contributed by atoms with Gasteiger partial charge in [0.2, 0.25) is 0 Å². The van der Waals surface area contributed by atoms with Crippen molar-refractivity contribution >= 4 is 5.82 Å². The Kier molecular flexibility index (Phi) is 3.74. The van der Waals surface area contributed by atoms with Crippen molar-refractivity contribution in [2.24, 2.45) is 0 Å². The molecule has 20 heavy (non-hydrogen) atoms. The zero-order chi connectivity index (χ0) is 13.9. The van der Waals surface area contributed by atoms with Gasteiger partial charge in [-0.25, -0.2) is 4.68 Å². The number of aromatic nitrogens is 2. The van der Waals surface area contributed by atoms with E-state index in [0.717, 1.165) is 49.7 Å². The van der Waals surface area contributed by atoms with E-state index in [-0.39, 0.29) is 0 Å². The normalized spacial score (nSPS) is 16.4. The number of nitrogens with zero attached hydrogens (tertiary/aromatic N) is 2. The van der Waals surface area contributed by atoms with Crippen LogP contribution in [0.2, 0.25) is 0 Å². The minimum atomic E-state index is 0.478. The molecule has 0 atom stereocenters. The highest BCUT2D eigenvalue weighted by Crippen LogP contribution is 2.32. The first-order chi connectivity index (χ1) is 9.81. The number of hydrogen-bond donors (Lipinski definition) is 1. The zero-order valence-corrected chi connectivity index (χ0v) is 11.9. The molecule has 0 bridgehead atoms. The lowest BCUT2D eigenvalue weighted by Gasteiger charge is -2.21. The lowest BCUT2D eigenvalue weighted by Crippen LogP contribution is -2.15. The second-order valence-corrected chi connectivity index (χ2v) is 5.24. The van der Waals surface area contributed by atoms with Crippen LogP contribution in [-0.2, 0) is 11.2 Å². The van der Waals surface area contributed by atoms with E-state index in [1.54, 1.807) is 0 Å². The quantitative estimate of drug-likeness (QED) is 0.934. The molecule has 1 aliphatic rings. The molecule has 106 valence electrons. The summed E-state index contributed by atoms with van der Waals surface area (Å²) in [6.07, 6.45) is 3.00. The van der Waals surface area contributed by atoms with E-state index in [2.05, 4.69) is 6.92 Å². The van der Waals surface area contributed by atoms with Crippen LogP contribution in [0.5, 0.6) is 0 Å². The number of rotatable bonds is 3. The monoisotopic (exact) mass is 271 g/mol. The fraction of sp³-hybridized carbons (Fsp3) is 0.438. The predicted molar refractivity (Wildman–Crippen MR) is 80.1 cm³/mol. The van der Waals surface area contributed by atoms with Crippen LogP contribution in [-0.4, -0.2) is 23.0 Å². The molecule has 0 amide bonds. The molecule has 0 spiro atoms. The highest BCUT2D eigenvalue weighted by atomic mass is 16.5. The van der Waals surface area contributed by atoms with Gasteiger partial charge in [-0.15, -0.1) is 0 Å². The van der Waals surface area contributed by atoms with Crippen molar-refractivity contribution in [1.82, 2.24) is 9.78 Å². The molecule has 1 aliphatic heterocycles. The Morgan fingerprint density at radius 1 is 1.25 bits per heavy atom. The summed E-state index contributed by atoms with van der Waals surface area (Å²) >= 11 is 0. The second-order valence-electron chi connectivity index (χ2n) is 5.24. The maximum atomic E-state index is 6.32. The lowest BCUT2D eigenvalue weighted by atomic mass is 9.93. The summed E-state index contributed by atoms with van der Waals surface area (Å²) in [5.41, 5.74) is 9.71. The SMILES string of the molecule is CCc1c(C2CCOCC2)nn(-c2ccccc2)c1N. The summed E-state index contributed by atoms with van der Waals surface area (Å²) in [5, 5.41) is 4.81. The van der Waals surface area contributed by atoms with Crippen molar-refractivity contribution < 1.29 is 4.74 Å². The number of nitrogen functional groups attached to an aromatic ring is 1. The molecule has 1 aromatic carbocycles. The highest BCUT2D eigenvalue weighted by Gasteiger charge is 2.24. The van der Waals surface area contributed by atoms with Gasteiger partial charge in [-0.1, -0.05) is 25.1 Å². The van der Waals surface area contributed by atoms with Crippen LogP contribution in [0.3, 0.4) is 0 Å². The molecule has 2 heterocycles. The van der Waals surface area contributed by atoms with Crippen molar-refractivity contribution in [1.29, 1.82) is 0 Å². The van der Waals surface area contributed by atoms with Crippen LogP contribution < -0.4 is 5.73 Å². The molecular formula is C16H21N3O. The van der Waals surface area contributed by atoms with Gasteiger partial charge in [-0.2, -0.15) is 5.10 Å². The average Bonchev–Trinajstić information content (AvgIpc) is 2.86. The fourth-order valence-corrected chi connectivity index (χ4v) is 2.91. The molecular weight excluding hydrogens is 250 g/mol. The van der Waals surface area contributed by atoms with Crippen molar-refractivity contribution in [2.75, 3.05) is 18.9 Å². The molecule has 4 heteroatoms. The molecule has 1 aromatic heterocycles. The van der Waals surface area contributed by atoms with Gasteiger partial charge in [-0.3, -0.25) is 0 Å². The second kappa shape index (κ2) is 5.67. The Hall–Kier alpha value is -1.81. The smallest absolute Gasteiger partial charge is 0.130 e. The van der Waals surface area contributed by atoms with Crippen LogP contribution in [0.1, 0.15) is 36.9 Å². The number of hydrogen-bond acceptors (Lipinski definition) is 3. The van der Waals surface area contributed by atoms with Gasteiger partial charge in [-0.05, 0) is 31.4 Å². The van der Waals surface area contributed by atoms with E-state index in [4.69, 9.17) is 15.6 Å². The van der Waals surface area contributed by atoms with Crippen LogP contribution in [0, 0.1) is 0 Å². The molecule has 1 fully saturated rings. The number of benzene rings is 1. The molecule has 0 radical (unpaired) electrons. The van der Waals surface area contributed by atoms with Crippen LogP contribution in [0.4, 0.5) is 5.82 Å². The summed E-state index contributed by atoms with van der Waals surface area (Å²) < 4.78 is 7.33. The third-order valence-corrected chi connectivity index (χ3v) is 4.02. The summed E-state index contributed by atoms with van der Waals surface area (Å²) in [7, 11) is 0. The number of anilines is 1. The van der Waals surface area contributed by atoms with E-state index in [1.807, 2.05) is 35.0 Å². The van der Waals surface area contributed by atoms with Gasteiger partial charge < -0.3 is 10.5 Å². The third-order valence-electron chi connectivity index (χ3n) is 4.02. The van der Waals surface area contributed by atoms with Crippen molar-refractivity contribution in [3.8, 4) is 5.69 Å². The molecule has 3 rings (SSSR count). The zero-order valence-electron chi connectivity index (χ0n) is 11.9. The Bertz CT molecular complexity index is 571. The largest absolute Gasteiger partial charge is 0.383 e. The van der Waals surface area contributed by atoms with Gasteiger partial charge >= 0.3 is 0 Å². The fourth-order valence-electron chi connectivity index (χ4n) is 2.91. The molecule has 0 unspecified atom stereocenters. The first-order valence-electron chi connectivity index (χ1n) is 7.31. The first-order valence-corrected chi connectivity index (χ1v) is 7.31. The predicted octanol–water partition coefficient (Wildman–Crippen LogP) is 2.91. The van der Waals surface area contributed by atoms with Crippen LogP contribution in [0.25, 0.3) is 5.69 Å². The van der Waals surface area contributed by atoms with Gasteiger partial charge in [0.25, 0.3) is 0 Å². The van der Waals surface area contributed by atoms with Gasteiger partial charge in [0.1, 0.15) is 5.82 Å². The topological polar surface area (TPSA) is 53.1 Å². The van der Waals surface area contributed by atoms with Gasteiger partial charge in [0.05, 0.1) is 11.4 Å². The number of para-hydroxylation sites is 1. The molecule has 1 saturated heterocycles. The number of ether oxygens (including phenoxy) is 1. The maximum absolute atomic E-state index is 6.32. The van der Waals surface area contributed by atoms with Crippen molar-refractivity contribution in [3.05, 3.63) is 41.6 Å². The summed E-state index contributed by atoms with van der Waals surface area (Å²) in [6.45, 7) is 3.80. The Morgan fingerprint density at radius 2 is 1.95 bits per heavy atom. The molecule has 0 aliphatic carbocycles. The van der Waals surface area contributed by atoms with Crippen molar-refractivity contribution in [3.63, 3.8) is 0 Å². The number of nitrogens with two attached hydrogens (primary N) is 1. The third kappa shape index (κ3) is 2.31. The van der Waals surface area contributed by atoms with Gasteiger partial charge in [0.15, 0.2) is 0 Å². The summed E-state index contributed by atoms with van der Waals surface area (Å²) in [5.74, 6) is 1.26. The minimum Gasteiger partial charge on any atom is -0.383 e. The Balaban J connectivity index is 2.02. The van der Waals surface area contributed by atoms with Gasteiger partial charge in [0, 0.05) is 24.7 Å². The lowest BCUT2D eigenvalue weighted by molar-refractivity contribution is 0.0843. The summed E-state index contributed by atoms with van der Waals surface area (Å²) in [6, 6.07) is 10.1. The van der Waals surface area contributed by atoms with E-state index in [1.165, 1.54) is 5.56 Å². The Labute approximate surface area is 119 Å². The molecule has 4 nitrogen and oxygen atoms in total. The molecule has 2 aromatic rings. The molecule has 2 N–H and O–H groups in total. The Morgan fingerprint density at radius 3 is 2.60 bits per heavy atom. The van der Waals surface area contributed by atoms with E-state index >= 15 is 0 Å². The van der Waals surface area contributed by atoms with Crippen LogP contribution in [0.15, 0.2) is 30.3 Å². The van der Waals surface area contributed by atoms with Crippen molar-refractivity contribution in [2.45, 2.75) is 32.1 Å². The summed E-state index contributed by atoms with van der Waals surface area (Å²) in [4.78, 5) is 0. The maximum Gasteiger partial charge on any atom is 0.130 e. The highest BCUT2D eigenvalue weighted by molar-refractivity contribution is 5.51. The van der Waals surface area contributed by atoms with Crippen LogP contribution >= 0.6 is 0 Å². The standard InChI is InChI=1S/C16H21N3O/c1-2-14-15(12-8-10-20-11-9-12)18-19(16(14)17)13-6-4-3-5-7-13/h3-7,12H,2,8-11,17H2,1H3. The van der Waals surface area contributed by atoms with E-state index in [9.17, 15) is 0 Å². The minimum absolute atomic E-state index is 0.478. The molecule has 0 saturated carbocycles. The van der Waals surface area contributed by atoms with E-state index in [0.29, 0.717) is 5.92 Å².